The molecule has 1 aromatic heterocycles. The second-order valence-corrected chi connectivity index (χ2v) is 27.6. The van der Waals surface area contributed by atoms with E-state index in [1.807, 2.05) is 12.1 Å². The van der Waals surface area contributed by atoms with Crippen molar-refractivity contribution in [2.45, 2.75) is 187 Å². The van der Waals surface area contributed by atoms with Gasteiger partial charge in [-0.05, 0) is 193 Å². The topological polar surface area (TPSA) is 19.6 Å². The van der Waals surface area contributed by atoms with E-state index in [2.05, 4.69) is 205 Å². The summed E-state index contributed by atoms with van der Waals surface area (Å²) >= 11 is 0. The molecule has 5 aliphatic rings. The standard InChI is InChI=1S/C67H77BN2O/c1-40-22-25-53-52(32-40)68-58-55(33-42(61(2,3)4)34-56(58)70(53)54-38-50-48(64(9,10)28-30-66(50,13)14)36-44(54)41-20-18-17-19-21-41)69(43-23-24-46-47(35-43)63(7,8)27-26-62(46,5)6)59-45-37-49-51(39-57(45)71-60(59)68)67(15,16)31-29-65(49,11)12/h17-25,32-39H,26-31H2,1-16H3/i1D3. The van der Waals surface area contributed by atoms with Crippen molar-refractivity contribution in [1.82, 2.24) is 0 Å². The van der Waals surface area contributed by atoms with Gasteiger partial charge in [0.05, 0.1) is 17.0 Å². The quantitative estimate of drug-likeness (QED) is 0.165. The molecule has 3 heterocycles. The second-order valence-electron chi connectivity index (χ2n) is 27.6. The molecule has 4 heteroatoms. The second kappa shape index (κ2) is 14.8. The number of nitrogens with zero attached hydrogens (tertiary/aromatic N) is 2. The van der Waals surface area contributed by atoms with Crippen molar-refractivity contribution in [1.29, 1.82) is 0 Å². The van der Waals surface area contributed by atoms with E-state index in [4.69, 9.17) is 8.53 Å². The maximum absolute atomic E-state index is 8.93. The molecule has 364 valence electrons. The highest BCUT2D eigenvalue weighted by atomic mass is 16.3. The van der Waals surface area contributed by atoms with Crippen LogP contribution < -0.4 is 26.4 Å². The smallest absolute Gasteiger partial charge is 0.297 e. The third-order valence-electron chi connectivity index (χ3n) is 18.9. The van der Waals surface area contributed by atoms with E-state index in [0.717, 1.165) is 106 Å². The predicted molar refractivity (Wildman–Crippen MR) is 305 cm³/mol. The lowest BCUT2D eigenvalue weighted by Crippen LogP contribution is -2.61. The summed E-state index contributed by atoms with van der Waals surface area (Å²) < 4.78 is 34.4. The number of anilines is 6. The molecule has 3 nitrogen and oxygen atoms in total. The molecular weight excluding hydrogens is 860 g/mol. The lowest BCUT2D eigenvalue weighted by Gasteiger charge is -2.46. The van der Waals surface area contributed by atoms with Crippen LogP contribution in [-0.2, 0) is 37.9 Å². The van der Waals surface area contributed by atoms with Gasteiger partial charge in [-0.1, -0.05) is 158 Å². The van der Waals surface area contributed by atoms with Crippen LogP contribution in [0.2, 0.25) is 0 Å². The van der Waals surface area contributed by atoms with Crippen molar-refractivity contribution < 1.29 is 8.53 Å². The summed E-state index contributed by atoms with van der Waals surface area (Å²) in [4.78, 5) is 5.10. The summed E-state index contributed by atoms with van der Waals surface area (Å²) in [7, 11) is 0. The molecule has 0 saturated carbocycles. The first-order valence-corrected chi connectivity index (χ1v) is 26.8. The number of furan rings is 1. The molecule has 0 radical (unpaired) electrons. The van der Waals surface area contributed by atoms with Crippen LogP contribution in [0.1, 0.15) is 191 Å². The summed E-state index contributed by atoms with van der Waals surface area (Å²) in [6, 6.07) is 39.1. The fraction of sp³-hybridized carbons (Fsp3) is 0.433. The van der Waals surface area contributed by atoms with E-state index < -0.39 is 13.6 Å². The van der Waals surface area contributed by atoms with Crippen molar-refractivity contribution in [3.63, 3.8) is 0 Å². The fourth-order valence-electron chi connectivity index (χ4n) is 13.9. The Labute approximate surface area is 430 Å². The third kappa shape index (κ3) is 6.88. The molecule has 0 fully saturated rings. The van der Waals surface area contributed by atoms with Gasteiger partial charge in [-0.25, -0.2) is 0 Å². The summed E-state index contributed by atoms with van der Waals surface area (Å²) in [6.07, 6.45) is 6.65. The molecule has 6 aromatic carbocycles. The minimum atomic E-state index is -2.33. The predicted octanol–water partition coefficient (Wildman–Crippen LogP) is 16.8. The molecule has 71 heavy (non-hydrogen) atoms. The van der Waals surface area contributed by atoms with Crippen molar-refractivity contribution in [3.8, 4) is 11.1 Å². The summed E-state index contributed by atoms with van der Waals surface area (Å²) in [5.74, 6) is 0. The molecule has 0 unspecified atom stereocenters. The summed E-state index contributed by atoms with van der Waals surface area (Å²) in [6.45, 7) is 33.2. The minimum absolute atomic E-state index is 0.0156. The van der Waals surface area contributed by atoms with Crippen LogP contribution in [0, 0.1) is 6.85 Å². The molecular formula is C67H77BN2O. The Kier molecular flexibility index (Phi) is 9.01. The highest BCUT2D eigenvalue weighted by Gasteiger charge is 2.50. The number of rotatable bonds is 3. The fourth-order valence-corrected chi connectivity index (χ4v) is 13.9. The maximum atomic E-state index is 8.93. The Bertz CT molecular complexity index is 3510. The zero-order valence-electron chi connectivity index (χ0n) is 48.4. The highest BCUT2D eigenvalue weighted by molar-refractivity contribution is 7.00. The molecule has 0 spiro atoms. The Morgan fingerprint density at radius 3 is 1.63 bits per heavy atom. The van der Waals surface area contributed by atoms with Gasteiger partial charge in [0.2, 0.25) is 0 Å². The molecule has 0 saturated heterocycles. The number of hydrogen-bond acceptors (Lipinski definition) is 3. The van der Waals surface area contributed by atoms with Gasteiger partial charge in [0.1, 0.15) is 5.58 Å². The Morgan fingerprint density at radius 1 is 0.507 bits per heavy atom. The average Bonchev–Trinajstić information content (AvgIpc) is 3.70. The van der Waals surface area contributed by atoms with Crippen molar-refractivity contribution >= 4 is 68.4 Å². The van der Waals surface area contributed by atoms with Gasteiger partial charge in [0.15, 0.2) is 0 Å². The van der Waals surface area contributed by atoms with E-state index >= 15 is 0 Å². The first-order valence-electron chi connectivity index (χ1n) is 28.3. The Morgan fingerprint density at radius 2 is 1.04 bits per heavy atom. The molecule has 0 N–H and O–H groups in total. The van der Waals surface area contributed by atoms with Gasteiger partial charge < -0.3 is 14.2 Å². The molecule has 3 aliphatic carbocycles. The monoisotopic (exact) mass is 940 g/mol. The van der Waals surface area contributed by atoms with Gasteiger partial charge in [0, 0.05) is 37.8 Å². The minimum Gasteiger partial charge on any atom is -0.468 e. The van der Waals surface area contributed by atoms with E-state index in [-0.39, 0.29) is 37.9 Å². The third-order valence-corrected chi connectivity index (χ3v) is 18.9. The van der Waals surface area contributed by atoms with Crippen LogP contribution in [0.5, 0.6) is 0 Å². The van der Waals surface area contributed by atoms with Crippen LogP contribution >= 0.6 is 0 Å². The number of aryl methyl sites for hydroxylation is 1. The van der Waals surface area contributed by atoms with Crippen molar-refractivity contribution in [3.05, 3.63) is 148 Å². The van der Waals surface area contributed by atoms with Crippen LogP contribution in [-0.4, -0.2) is 6.71 Å². The zero-order chi connectivity index (χ0) is 52.8. The molecule has 12 rings (SSSR count). The number of hydrogen-bond donors (Lipinski definition) is 0. The van der Waals surface area contributed by atoms with Crippen molar-refractivity contribution in [2.24, 2.45) is 0 Å². The van der Waals surface area contributed by atoms with Crippen LogP contribution in [0.25, 0.3) is 22.1 Å². The van der Waals surface area contributed by atoms with Crippen LogP contribution in [0.3, 0.4) is 0 Å². The van der Waals surface area contributed by atoms with Gasteiger partial charge in [-0.3, -0.25) is 0 Å². The molecule has 7 aromatic rings. The largest absolute Gasteiger partial charge is 0.468 e. The molecule has 0 amide bonds. The van der Waals surface area contributed by atoms with Gasteiger partial charge >= 0.3 is 0 Å². The molecule has 0 bridgehead atoms. The SMILES string of the molecule is [2H]C([2H])([2H])c1ccc2c(c1)B1c3oc4cc5c(cc4c3N(c3ccc4c(c3)C(C)(C)CCC4(C)C)c3cc(C(C)(C)C)cc(c31)N2c1cc2c(cc1-c1ccccc1)C(C)(C)CCC2(C)C)C(C)(C)CCC5(C)C. The highest BCUT2D eigenvalue weighted by Crippen LogP contribution is 2.56. The summed E-state index contributed by atoms with van der Waals surface area (Å²) in [5.41, 5.74) is 22.3. The molecule has 0 atom stereocenters. The first kappa shape index (κ1) is 43.1. The van der Waals surface area contributed by atoms with E-state index in [1.165, 1.54) is 44.5 Å². The molecule has 2 aliphatic heterocycles. The lowest BCUT2D eigenvalue weighted by molar-refractivity contribution is 0.332. The van der Waals surface area contributed by atoms with E-state index in [9.17, 15) is 0 Å². The Balaban J connectivity index is 1.25. The normalized spacial score (nSPS) is 21.2. The zero-order valence-corrected chi connectivity index (χ0v) is 45.4. The lowest BCUT2D eigenvalue weighted by atomic mass is 9.35. The number of fused-ring (bicyclic) bond motifs is 9. The summed E-state index contributed by atoms with van der Waals surface area (Å²) in [5, 5.41) is 1.11. The van der Waals surface area contributed by atoms with E-state index in [1.54, 1.807) is 0 Å². The average molecular weight is 940 g/mol. The van der Waals surface area contributed by atoms with Gasteiger partial charge in [-0.2, -0.15) is 0 Å². The van der Waals surface area contributed by atoms with Crippen LogP contribution in [0.4, 0.5) is 34.1 Å². The maximum Gasteiger partial charge on any atom is 0.297 e. The van der Waals surface area contributed by atoms with Gasteiger partial charge in [0.25, 0.3) is 6.71 Å². The van der Waals surface area contributed by atoms with E-state index in [0.29, 0.717) is 5.56 Å². The Hall–Kier alpha value is -5.48. The van der Waals surface area contributed by atoms with Gasteiger partial charge in [-0.15, -0.1) is 0 Å². The first-order chi connectivity index (χ1) is 34.4. The van der Waals surface area contributed by atoms with Crippen molar-refractivity contribution in [2.75, 3.05) is 9.80 Å². The number of benzene rings is 6. The van der Waals surface area contributed by atoms with Crippen LogP contribution in [0.15, 0.2) is 108 Å².